The zero-order chi connectivity index (χ0) is 21.5. The molecule has 0 heterocycles. The Morgan fingerprint density at radius 1 is 0.967 bits per heavy atom. The van der Waals surface area contributed by atoms with E-state index in [9.17, 15) is 14.0 Å². The summed E-state index contributed by atoms with van der Waals surface area (Å²) in [6, 6.07) is 18.8. The highest BCUT2D eigenvalue weighted by atomic mass is 35.5. The molecule has 0 radical (unpaired) electrons. The SMILES string of the molecule is COc1ccc(NC(=O)C(=Cc2ccc(F)cc2)NC(=O)c2ccccc2Cl)cc1. The van der Waals surface area contributed by atoms with Gasteiger partial charge in [-0.3, -0.25) is 9.59 Å². The van der Waals surface area contributed by atoms with Gasteiger partial charge in [-0.1, -0.05) is 35.9 Å². The van der Waals surface area contributed by atoms with Crippen molar-refractivity contribution in [3.8, 4) is 5.75 Å². The number of benzene rings is 3. The van der Waals surface area contributed by atoms with Gasteiger partial charge in [0, 0.05) is 5.69 Å². The average molecular weight is 425 g/mol. The Morgan fingerprint density at radius 2 is 1.63 bits per heavy atom. The molecule has 0 unspecified atom stereocenters. The third-order valence-corrected chi connectivity index (χ3v) is 4.47. The van der Waals surface area contributed by atoms with Crippen LogP contribution in [0.5, 0.6) is 5.75 Å². The lowest BCUT2D eigenvalue weighted by molar-refractivity contribution is -0.113. The van der Waals surface area contributed by atoms with Crippen LogP contribution in [0.3, 0.4) is 0 Å². The maximum atomic E-state index is 13.2. The molecule has 3 aromatic rings. The van der Waals surface area contributed by atoms with Crippen molar-refractivity contribution in [3.63, 3.8) is 0 Å². The molecule has 0 spiro atoms. The minimum Gasteiger partial charge on any atom is -0.497 e. The van der Waals surface area contributed by atoms with Crippen LogP contribution in [0, 0.1) is 5.82 Å². The summed E-state index contributed by atoms with van der Waals surface area (Å²) >= 11 is 6.08. The summed E-state index contributed by atoms with van der Waals surface area (Å²) in [5.74, 6) is -0.859. The summed E-state index contributed by atoms with van der Waals surface area (Å²) in [5.41, 5.74) is 1.25. The smallest absolute Gasteiger partial charge is 0.272 e. The van der Waals surface area contributed by atoms with Crippen LogP contribution in [0.4, 0.5) is 10.1 Å². The molecule has 0 saturated carbocycles. The van der Waals surface area contributed by atoms with Crippen LogP contribution in [-0.2, 0) is 4.79 Å². The Bertz CT molecular complexity index is 1080. The van der Waals surface area contributed by atoms with Gasteiger partial charge in [-0.05, 0) is 60.2 Å². The fourth-order valence-electron chi connectivity index (χ4n) is 2.59. The van der Waals surface area contributed by atoms with Gasteiger partial charge < -0.3 is 15.4 Å². The van der Waals surface area contributed by atoms with Crippen molar-refractivity contribution >= 4 is 35.2 Å². The summed E-state index contributed by atoms with van der Waals surface area (Å²) < 4.78 is 18.3. The van der Waals surface area contributed by atoms with Crippen molar-refractivity contribution < 1.29 is 18.7 Å². The van der Waals surface area contributed by atoms with Gasteiger partial charge in [-0.15, -0.1) is 0 Å². The van der Waals surface area contributed by atoms with Gasteiger partial charge in [-0.25, -0.2) is 4.39 Å². The van der Waals surface area contributed by atoms with Crippen LogP contribution in [0.25, 0.3) is 6.08 Å². The van der Waals surface area contributed by atoms with E-state index >= 15 is 0 Å². The van der Waals surface area contributed by atoms with E-state index in [-0.39, 0.29) is 16.3 Å². The molecule has 0 saturated heterocycles. The summed E-state index contributed by atoms with van der Waals surface area (Å²) in [6.07, 6.45) is 1.45. The normalized spacial score (nSPS) is 11.0. The highest BCUT2D eigenvalue weighted by Crippen LogP contribution is 2.18. The van der Waals surface area contributed by atoms with Gasteiger partial charge in [0.05, 0.1) is 17.7 Å². The molecule has 0 aromatic heterocycles. The topological polar surface area (TPSA) is 67.4 Å². The maximum absolute atomic E-state index is 13.2. The highest BCUT2D eigenvalue weighted by Gasteiger charge is 2.17. The molecule has 3 aromatic carbocycles. The third kappa shape index (κ3) is 5.46. The van der Waals surface area contributed by atoms with Crippen LogP contribution in [0.2, 0.25) is 5.02 Å². The lowest BCUT2D eigenvalue weighted by Crippen LogP contribution is -2.30. The van der Waals surface area contributed by atoms with Gasteiger partial charge >= 0.3 is 0 Å². The lowest BCUT2D eigenvalue weighted by Gasteiger charge is -2.12. The van der Waals surface area contributed by atoms with E-state index in [4.69, 9.17) is 16.3 Å². The second-order valence-corrected chi connectivity index (χ2v) is 6.63. The first-order chi connectivity index (χ1) is 14.5. The standard InChI is InChI=1S/C23H18ClFN2O3/c1-30-18-12-10-17(11-13-18)26-23(29)21(14-15-6-8-16(25)9-7-15)27-22(28)19-4-2-3-5-20(19)24/h2-14H,1H3,(H,26,29)(H,27,28). The van der Waals surface area contributed by atoms with Gasteiger partial charge in [0.2, 0.25) is 0 Å². The van der Waals surface area contributed by atoms with Crippen molar-refractivity contribution in [2.24, 2.45) is 0 Å². The highest BCUT2D eigenvalue weighted by molar-refractivity contribution is 6.34. The lowest BCUT2D eigenvalue weighted by atomic mass is 10.1. The molecule has 0 atom stereocenters. The van der Waals surface area contributed by atoms with Crippen molar-refractivity contribution in [2.45, 2.75) is 0 Å². The number of amides is 2. The second-order valence-electron chi connectivity index (χ2n) is 6.23. The number of nitrogens with one attached hydrogen (secondary N) is 2. The van der Waals surface area contributed by atoms with Gasteiger partial charge in [-0.2, -0.15) is 0 Å². The number of carbonyl (C=O) groups is 2. The zero-order valence-corrected chi connectivity index (χ0v) is 16.7. The van der Waals surface area contributed by atoms with E-state index < -0.39 is 17.6 Å². The summed E-state index contributed by atoms with van der Waals surface area (Å²) in [4.78, 5) is 25.5. The number of halogens is 2. The second kappa shape index (κ2) is 9.71. The molecule has 0 bridgehead atoms. The molecule has 5 nitrogen and oxygen atoms in total. The molecular weight excluding hydrogens is 407 g/mol. The quantitative estimate of drug-likeness (QED) is 0.553. The van der Waals surface area contributed by atoms with Crippen molar-refractivity contribution in [1.29, 1.82) is 0 Å². The predicted octanol–water partition coefficient (Wildman–Crippen LogP) is 4.90. The minimum absolute atomic E-state index is 0.0256. The van der Waals surface area contributed by atoms with E-state index in [1.807, 2.05) is 0 Å². The van der Waals surface area contributed by atoms with Gasteiger partial charge in [0.1, 0.15) is 17.3 Å². The van der Waals surface area contributed by atoms with Crippen LogP contribution in [-0.4, -0.2) is 18.9 Å². The predicted molar refractivity (Wildman–Crippen MR) is 115 cm³/mol. The number of carbonyl (C=O) groups excluding carboxylic acids is 2. The molecule has 30 heavy (non-hydrogen) atoms. The molecule has 0 fully saturated rings. The Balaban J connectivity index is 1.88. The Hall–Kier alpha value is -3.64. The largest absolute Gasteiger partial charge is 0.497 e. The first kappa shape index (κ1) is 21.1. The summed E-state index contributed by atoms with van der Waals surface area (Å²) in [6.45, 7) is 0. The van der Waals surface area contributed by atoms with Crippen molar-refractivity contribution in [1.82, 2.24) is 5.32 Å². The molecule has 0 aliphatic rings. The van der Waals surface area contributed by atoms with Crippen LogP contribution in [0.1, 0.15) is 15.9 Å². The molecule has 152 valence electrons. The fourth-order valence-corrected chi connectivity index (χ4v) is 2.81. The number of hydrogen-bond donors (Lipinski definition) is 2. The number of anilines is 1. The monoisotopic (exact) mass is 424 g/mol. The van der Waals surface area contributed by atoms with E-state index in [2.05, 4.69) is 10.6 Å². The molecule has 7 heteroatoms. The Morgan fingerprint density at radius 3 is 2.27 bits per heavy atom. The van der Waals surface area contributed by atoms with Crippen molar-refractivity contribution in [3.05, 3.63) is 100 Å². The number of ether oxygens (including phenoxy) is 1. The molecule has 2 amide bonds. The summed E-state index contributed by atoms with van der Waals surface area (Å²) in [5, 5.41) is 5.56. The van der Waals surface area contributed by atoms with E-state index in [1.165, 1.54) is 30.3 Å². The Labute approximate surface area is 178 Å². The van der Waals surface area contributed by atoms with Crippen LogP contribution < -0.4 is 15.4 Å². The van der Waals surface area contributed by atoms with Crippen LogP contribution in [0.15, 0.2) is 78.5 Å². The molecular formula is C23H18ClFN2O3. The third-order valence-electron chi connectivity index (χ3n) is 4.14. The zero-order valence-electron chi connectivity index (χ0n) is 16.0. The fraction of sp³-hybridized carbons (Fsp3) is 0.0435. The number of methoxy groups -OCH3 is 1. The van der Waals surface area contributed by atoms with Gasteiger partial charge in [0.15, 0.2) is 0 Å². The number of rotatable bonds is 6. The average Bonchev–Trinajstić information content (AvgIpc) is 2.75. The first-order valence-electron chi connectivity index (χ1n) is 8.95. The molecule has 3 rings (SSSR count). The molecule has 2 N–H and O–H groups in total. The van der Waals surface area contributed by atoms with E-state index in [0.717, 1.165) is 0 Å². The molecule has 0 aliphatic heterocycles. The van der Waals surface area contributed by atoms with Crippen LogP contribution >= 0.6 is 11.6 Å². The molecule has 0 aliphatic carbocycles. The van der Waals surface area contributed by atoms with Gasteiger partial charge in [0.25, 0.3) is 11.8 Å². The van der Waals surface area contributed by atoms with E-state index in [1.54, 1.807) is 55.6 Å². The number of hydrogen-bond acceptors (Lipinski definition) is 3. The summed E-state index contributed by atoms with van der Waals surface area (Å²) in [7, 11) is 1.54. The Kier molecular flexibility index (Phi) is 6.83. The van der Waals surface area contributed by atoms with E-state index in [0.29, 0.717) is 17.0 Å². The maximum Gasteiger partial charge on any atom is 0.272 e. The first-order valence-corrected chi connectivity index (χ1v) is 9.32. The van der Waals surface area contributed by atoms with Crippen molar-refractivity contribution in [2.75, 3.05) is 12.4 Å². The minimum atomic E-state index is -0.551.